The maximum absolute atomic E-state index is 12.0. The summed E-state index contributed by atoms with van der Waals surface area (Å²) in [6, 6.07) is 7.55. The van der Waals surface area contributed by atoms with E-state index in [2.05, 4.69) is 10.3 Å². The average Bonchev–Trinajstić information content (AvgIpc) is 2.31. The molecule has 5 nitrogen and oxygen atoms in total. The number of benzene rings is 1. The number of carbonyl (C=O) groups is 1. The minimum absolute atomic E-state index is 0.247. The first-order valence-electron chi connectivity index (χ1n) is 5.74. The highest BCUT2D eigenvalue weighted by molar-refractivity contribution is 6.04. The van der Waals surface area contributed by atoms with Gasteiger partial charge in [0.1, 0.15) is 5.82 Å². The fourth-order valence-electron chi connectivity index (χ4n) is 1.76. The summed E-state index contributed by atoms with van der Waals surface area (Å²) in [4.78, 5) is 16.2. The van der Waals surface area contributed by atoms with Crippen LogP contribution in [0.2, 0.25) is 0 Å². The third-order valence-electron chi connectivity index (χ3n) is 2.58. The zero-order chi connectivity index (χ0) is 14.0. The highest BCUT2D eigenvalue weighted by Crippen LogP contribution is 2.25. The number of anilines is 1. The second kappa shape index (κ2) is 4.97. The van der Waals surface area contributed by atoms with Crippen molar-refractivity contribution in [1.82, 2.24) is 4.98 Å². The summed E-state index contributed by atoms with van der Waals surface area (Å²) in [5.41, 5.74) is 2.05. The molecule has 0 spiro atoms. The van der Waals surface area contributed by atoms with Gasteiger partial charge in [0.25, 0.3) is 5.91 Å². The quantitative estimate of drug-likeness (QED) is 0.722. The van der Waals surface area contributed by atoms with Crippen LogP contribution in [-0.2, 0) is 0 Å². The van der Waals surface area contributed by atoms with Crippen molar-refractivity contribution in [3.63, 3.8) is 0 Å². The number of hydrogen-bond donors (Lipinski definition) is 3. The first-order valence-corrected chi connectivity index (χ1v) is 5.74. The molecule has 1 amide bonds. The molecule has 0 radical (unpaired) electrons. The lowest BCUT2D eigenvalue weighted by atomic mass is 10.2. The van der Waals surface area contributed by atoms with E-state index in [0.29, 0.717) is 5.82 Å². The Hall–Kier alpha value is -2.56. The summed E-state index contributed by atoms with van der Waals surface area (Å²) in [6.07, 6.45) is 0. The molecule has 0 unspecified atom stereocenters. The summed E-state index contributed by atoms with van der Waals surface area (Å²) < 4.78 is 0. The van der Waals surface area contributed by atoms with E-state index >= 15 is 0 Å². The molecular formula is C14H14N2O3. The second-order valence-electron chi connectivity index (χ2n) is 4.33. The van der Waals surface area contributed by atoms with Gasteiger partial charge in [-0.3, -0.25) is 4.79 Å². The van der Waals surface area contributed by atoms with Crippen LogP contribution in [0.15, 0.2) is 30.3 Å². The third-order valence-corrected chi connectivity index (χ3v) is 2.58. The molecular weight excluding hydrogens is 244 g/mol. The number of amides is 1. The van der Waals surface area contributed by atoms with Gasteiger partial charge in [0.15, 0.2) is 11.5 Å². The van der Waals surface area contributed by atoms with Crippen molar-refractivity contribution < 1.29 is 15.0 Å². The molecule has 5 heteroatoms. The van der Waals surface area contributed by atoms with E-state index < -0.39 is 5.91 Å². The summed E-state index contributed by atoms with van der Waals surface area (Å²) in [5, 5.41) is 21.2. The van der Waals surface area contributed by atoms with E-state index in [-0.39, 0.29) is 17.1 Å². The van der Waals surface area contributed by atoms with Gasteiger partial charge in [-0.05, 0) is 49.7 Å². The summed E-state index contributed by atoms with van der Waals surface area (Å²) >= 11 is 0. The van der Waals surface area contributed by atoms with Crippen LogP contribution in [0.3, 0.4) is 0 Å². The highest BCUT2D eigenvalue weighted by Gasteiger charge is 2.10. The number of nitrogens with zero attached hydrogens (tertiary/aromatic N) is 1. The first-order chi connectivity index (χ1) is 8.95. The van der Waals surface area contributed by atoms with Crippen molar-refractivity contribution in [2.45, 2.75) is 13.8 Å². The fraction of sp³-hybridized carbons (Fsp3) is 0.143. The third kappa shape index (κ3) is 3.01. The molecule has 0 atom stereocenters. The Balaban J connectivity index is 2.22. The fourth-order valence-corrected chi connectivity index (χ4v) is 1.76. The second-order valence-corrected chi connectivity index (χ2v) is 4.33. The van der Waals surface area contributed by atoms with E-state index in [1.807, 2.05) is 19.9 Å². The monoisotopic (exact) mass is 258 g/mol. The minimum atomic E-state index is -0.396. The number of nitrogens with one attached hydrogen (secondary N) is 1. The lowest BCUT2D eigenvalue weighted by Gasteiger charge is -2.07. The van der Waals surface area contributed by atoms with Crippen LogP contribution in [0.5, 0.6) is 11.5 Å². The van der Waals surface area contributed by atoms with Crippen LogP contribution >= 0.6 is 0 Å². The van der Waals surface area contributed by atoms with E-state index in [4.69, 9.17) is 0 Å². The van der Waals surface area contributed by atoms with Gasteiger partial charge in [0.05, 0.1) is 0 Å². The van der Waals surface area contributed by atoms with Crippen LogP contribution in [0.25, 0.3) is 0 Å². The average molecular weight is 258 g/mol. The van der Waals surface area contributed by atoms with Crippen molar-refractivity contribution in [2.75, 3.05) is 5.32 Å². The molecule has 1 heterocycles. The minimum Gasteiger partial charge on any atom is -0.504 e. The Morgan fingerprint density at radius 2 is 1.84 bits per heavy atom. The van der Waals surface area contributed by atoms with Crippen molar-refractivity contribution in [3.05, 3.63) is 47.2 Å². The molecule has 0 aliphatic carbocycles. The van der Waals surface area contributed by atoms with Gasteiger partial charge in [0.2, 0.25) is 0 Å². The van der Waals surface area contributed by atoms with Crippen molar-refractivity contribution >= 4 is 11.7 Å². The topological polar surface area (TPSA) is 82.5 Å². The van der Waals surface area contributed by atoms with Crippen molar-refractivity contribution in [2.24, 2.45) is 0 Å². The Labute approximate surface area is 110 Å². The number of phenols is 2. The zero-order valence-corrected chi connectivity index (χ0v) is 10.6. The van der Waals surface area contributed by atoms with Gasteiger partial charge < -0.3 is 15.5 Å². The molecule has 2 rings (SSSR count). The molecule has 0 fully saturated rings. The van der Waals surface area contributed by atoms with Gasteiger partial charge in [-0.1, -0.05) is 0 Å². The first kappa shape index (κ1) is 12.9. The van der Waals surface area contributed by atoms with Gasteiger partial charge in [0, 0.05) is 11.3 Å². The number of aryl methyl sites for hydroxylation is 2. The molecule has 1 aromatic heterocycles. The van der Waals surface area contributed by atoms with Gasteiger partial charge in [-0.15, -0.1) is 0 Å². The van der Waals surface area contributed by atoms with E-state index in [1.165, 1.54) is 18.2 Å². The molecule has 0 aliphatic rings. The summed E-state index contributed by atoms with van der Waals surface area (Å²) in [7, 11) is 0. The highest BCUT2D eigenvalue weighted by atomic mass is 16.3. The van der Waals surface area contributed by atoms with Gasteiger partial charge >= 0.3 is 0 Å². The van der Waals surface area contributed by atoms with Crippen LogP contribution in [-0.4, -0.2) is 21.1 Å². The van der Waals surface area contributed by atoms with Crippen LogP contribution in [0.1, 0.15) is 21.6 Å². The van der Waals surface area contributed by atoms with Crippen molar-refractivity contribution in [1.29, 1.82) is 0 Å². The maximum atomic E-state index is 12.0. The number of carbonyl (C=O) groups excluding carboxylic acids is 1. The summed E-state index contributed by atoms with van der Waals surface area (Å²) in [5.74, 6) is -0.537. The molecule has 3 N–H and O–H groups in total. The Kier molecular flexibility index (Phi) is 3.37. The predicted octanol–water partition coefficient (Wildman–Crippen LogP) is 2.36. The van der Waals surface area contributed by atoms with E-state index in [9.17, 15) is 15.0 Å². The molecule has 0 saturated heterocycles. The van der Waals surface area contributed by atoms with Crippen LogP contribution in [0, 0.1) is 13.8 Å². The SMILES string of the molecule is Cc1cc(C)nc(NC(=O)c2ccc(O)c(O)c2)c1. The summed E-state index contributed by atoms with van der Waals surface area (Å²) in [6.45, 7) is 3.76. The molecule has 0 bridgehead atoms. The lowest BCUT2D eigenvalue weighted by Crippen LogP contribution is -2.13. The molecule has 0 aliphatic heterocycles. The number of pyridine rings is 1. The Morgan fingerprint density at radius 3 is 2.47 bits per heavy atom. The predicted molar refractivity (Wildman–Crippen MR) is 71.4 cm³/mol. The lowest BCUT2D eigenvalue weighted by molar-refractivity contribution is 0.102. The van der Waals surface area contributed by atoms with Crippen LogP contribution < -0.4 is 5.32 Å². The van der Waals surface area contributed by atoms with E-state index in [1.54, 1.807) is 6.07 Å². The molecule has 2 aromatic rings. The molecule has 98 valence electrons. The van der Waals surface area contributed by atoms with Crippen LogP contribution in [0.4, 0.5) is 5.82 Å². The number of hydrogen-bond acceptors (Lipinski definition) is 4. The molecule has 1 aromatic carbocycles. The van der Waals surface area contributed by atoms with Crippen molar-refractivity contribution in [3.8, 4) is 11.5 Å². The maximum Gasteiger partial charge on any atom is 0.256 e. The Morgan fingerprint density at radius 1 is 1.11 bits per heavy atom. The molecule has 19 heavy (non-hydrogen) atoms. The molecule has 0 saturated carbocycles. The van der Waals surface area contributed by atoms with Gasteiger partial charge in [-0.25, -0.2) is 4.98 Å². The number of aromatic nitrogens is 1. The smallest absolute Gasteiger partial charge is 0.256 e. The van der Waals surface area contributed by atoms with E-state index in [0.717, 1.165) is 11.3 Å². The number of phenolic OH excluding ortho intramolecular Hbond substituents is 2. The largest absolute Gasteiger partial charge is 0.504 e. The standard InChI is InChI=1S/C14H14N2O3/c1-8-5-9(2)15-13(6-8)16-14(19)10-3-4-11(17)12(18)7-10/h3-7,17-18H,1-2H3,(H,15,16,19). The number of rotatable bonds is 2. The number of aromatic hydroxyl groups is 2. The Bertz CT molecular complexity index is 618. The zero-order valence-electron chi connectivity index (χ0n) is 10.6. The van der Waals surface area contributed by atoms with Gasteiger partial charge in [-0.2, -0.15) is 0 Å². The normalized spacial score (nSPS) is 10.2.